The van der Waals surface area contributed by atoms with Crippen LogP contribution in [0.25, 0.3) is 0 Å². The van der Waals surface area contributed by atoms with Gasteiger partial charge in [-0.15, -0.1) is 0 Å². The Labute approximate surface area is 90.7 Å². The van der Waals surface area contributed by atoms with E-state index in [1.807, 2.05) is 44.2 Å². The summed E-state index contributed by atoms with van der Waals surface area (Å²) in [6, 6.07) is 9.83. The summed E-state index contributed by atoms with van der Waals surface area (Å²) in [4.78, 5) is 11.7. The number of nitrogens with two attached hydrogens (primary N) is 1. The van der Waals surface area contributed by atoms with Crippen molar-refractivity contribution in [1.29, 1.82) is 0 Å². The van der Waals surface area contributed by atoms with Crippen LogP contribution in [-0.4, -0.2) is 12.5 Å². The molecule has 82 valence electrons. The summed E-state index contributed by atoms with van der Waals surface area (Å²) in [5.41, 5.74) is 6.12. The first-order valence-electron chi connectivity index (χ1n) is 5.08. The second-order valence-electron chi connectivity index (χ2n) is 4.26. The highest BCUT2D eigenvalue weighted by Gasteiger charge is 2.24. The molecule has 0 saturated heterocycles. The third-order valence-electron chi connectivity index (χ3n) is 2.42. The Kier molecular flexibility index (Phi) is 3.86. The smallest absolute Gasteiger partial charge is 0.227 e. The second-order valence-corrected chi connectivity index (χ2v) is 4.26. The van der Waals surface area contributed by atoms with Gasteiger partial charge in [-0.3, -0.25) is 4.79 Å². The summed E-state index contributed by atoms with van der Waals surface area (Å²) < 4.78 is 0. The van der Waals surface area contributed by atoms with E-state index in [1.54, 1.807) is 0 Å². The fourth-order valence-corrected chi connectivity index (χ4v) is 1.11. The van der Waals surface area contributed by atoms with E-state index in [-0.39, 0.29) is 5.91 Å². The van der Waals surface area contributed by atoms with Gasteiger partial charge in [-0.1, -0.05) is 30.3 Å². The van der Waals surface area contributed by atoms with Gasteiger partial charge in [0.25, 0.3) is 0 Å². The van der Waals surface area contributed by atoms with E-state index < -0.39 is 5.41 Å². The molecule has 15 heavy (non-hydrogen) atoms. The Morgan fingerprint density at radius 2 is 1.93 bits per heavy atom. The molecule has 0 saturated carbocycles. The molecule has 0 atom stereocenters. The molecule has 3 heteroatoms. The zero-order valence-corrected chi connectivity index (χ0v) is 9.29. The van der Waals surface area contributed by atoms with Gasteiger partial charge >= 0.3 is 0 Å². The minimum absolute atomic E-state index is 0.00569. The molecule has 0 bridgehead atoms. The minimum atomic E-state index is -0.491. The molecule has 1 rings (SSSR count). The summed E-state index contributed by atoms with van der Waals surface area (Å²) in [7, 11) is 0. The van der Waals surface area contributed by atoms with Gasteiger partial charge in [-0.25, -0.2) is 0 Å². The summed E-state index contributed by atoms with van der Waals surface area (Å²) >= 11 is 0. The molecule has 1 aromatic rings. The van der Waals surface area contributed by atoms with Gasteiger partial charge in [0.1, 0.15) is 0 Å². The highest BCUT2D eigenvalue weighted by atomic mass is 16.2. The topological polar surface area (TPSA) is 55.1 Å². The van der Waals surface area contributed by atoms with Gasteiger partial charge in [0.05, 0.1) is 5.41 Å². The van der Waals surface area contributed by atoms with Crippen molar-refractivity contribution in [1.82, 2.24) is 5.32 Å². The normalized spacial score (nSPS) is 11.1. The van der Waals surface area contributed by atoms with Crippen molar-refractivity contribution in [3.63, 3.8) is 0 Å². The van der Waals surface area contributed by atoms with Crippen LogP contribution in [0.15, 0.2) is 30.3 Å². The van der Waals surface area contributed by atoms with E-state index in [9.17, 15) is 4.79 Å². The maximum atomic E-state index is 11.7. The third kappa shape index (κ3) is 3.36. The number of carbonyl (C=O) groups excluding carboxylic acids is 1. The van der Waals surface area contributed by atoms with Crippen molar-refractivity contribution in [2.75, 3.05) is 6.54 Å². The Morgan fingerprint density at radius 3 is 2.47 bits per heavy atom. The summed E-state index contributed by atoms with van der Waals surface area (Å²) in [5, 5.41) is 2.87. The summed E-state index contributed by atoms with van der Waals surface area (Å²) in [6.45, 7) is 4.59. The van der Waals surface area contributed by atoms with Gasteiger partial charge in [0.2, 0.25) is 5.91 Å². The minimum Gasteiger partial charge on any atom is -0.352 e. The molecule has 0 aromatic heterocycles. The maximum absolute atomic E-state index is 11.7. The van der Waals surface area contributed by atoms with E-state index in [1.165, 1.54) is 0 Å². The first-order chi connectivity index (χ1) is 7.06. The number of amides is 1. The fourth-order valence-electron chi connectivity index (χ4n) is 1.11. The van der Waals surface area contributed by atoms with Crippen molar-refractivity contribution in [2.24, 2.45) is 11.1 Å². The van der Waals surface area contributed by atoms with E-state index >= 15 is 0 Å². The van der Waals surface area contributed by atoms with Crippen LogP contribution in [0.3, 0.4) is 0 Å². The Bertz CT molecular complexity index is 320. The fraction of sp³-hybridized carbons (Fsp3) is 0.417. The molecule has 0 unspecified atom stereocenters. The van der Waals surface area contributed by atoms with Crippen LogP contribution in [0.4, 0.5) is 0 Å². The molecule has 0 aliphatic rings. The molecule has 0 aliphatic carbocycles. The second kappa shape index (κ2) is 4.94. The quantitative estimate of drug-likeness (QED) is 0.780. The Balaban J connectivity index is 2.48. The largest absolute Gasteiger partial charge is 0.352 e. The number of carbonyl (C=O) groups is 1. The molecular weight excluding hydrogens is 188 g/mol. The highest BCUT2D eigenvalue weighted by molar-refractivity contribution is 5.81. The van der Waals surface area contributed by atoms with E-state index in [0.717, 1.165) is 5.56 Å². The van der Waals surface area contributed by atoms with Gasteiger partial charge in [0, 0.05) is 13.1 Å². The van der Waals surface area contributed by atoms with E-state index in [4.69, 9.17) is 5.73 Å². The molecule has 3 nitrogen and oxygen atoms in total. The van der Waals surface area contributed by atoms with Crippen LogP contribution in [0.5, 0.6) is 0 Å². The molecule has 3 N–H and O–H groups in total. The average molecular weight is 206 g/mol. The molecule has 1 aromatic carbocycles. The van der Waals surface area contributed by atoms with Crippen LogP contribution in [0.2, 0.25) is 0 Å². The van der Waals surface area contributed by atoms with E-state index in [2.05, 4.69) is 5.32 Å². The lowest BCUT2D eigenvalue weighted by molar-refractivity contribution is -0.129. The van der Waals surface area contributed by atoms with Crippen LogP contribution in [0.1, 0.15) is 19.4 Å². The number of benzene rings is 1. The molecule has 0 aliphatic heterocycles. The Hall–Kier alpha value is -1.35. The van der Waals surface area contributed by atoms with Crippen molar-refractivity contribution in [3.8, 4) is 0 Å². The zero-order chi connectivity index (χ0) is 11.3. The molecule has 0 heterocycles. The lowest BCUT2D eigenvalue weighted by atomic mass is 9.92. The summed E-state index contributed by atoms with van der Waals surface area (Å²) in [5.74, 6) is -0.00569. The SMILES string of the molecule is CC(C)(CN)C(=O)NCc1ccccc1. The monoisotopic (exact) mass is 206 g/mol. The van der Waals surface area contributed by atoms with Crippen LogP contribution >= 0.6 is 0 Å². The molecular formula is C12H18N2O. The third-order valence-corrected chi connectivity index (χ3v) is 2.42. The lowest BCUT2D eigenvalue weighted by Crippen LogP contribution is -2.41. The van der Waals surface area contributed by atoms with Crippen LogP contribution < -0.4 is 11.1 Å². The lowest BCUT2D eigenvalue weighted by Gasteiger charge is -2.21. The Morgan fingerprint density at radius 1 is 1.33 bits per heavy atom. The van der Waals surface area contributed by atoms with Crippen molar-refractivity contribution in [2.45, 2.75) is 20.4 Å². The maximum Gasteiger partial charge on any atom is 0.227 e. The highest BCUT2D eigenvalue weighted by Crippen LogP contribution is 2.12. The van der Waals surface area contributed by atoms with Gasteiger partial charge in [0.15, 0.2) is 0 Å². The van der Waals surface area contributed by atoms with E-state index in [0.29, 0.717) is 13.1 Å². The molecule has 0 fully saturated rings. The number of rotatable bonds is 4. The van der Waals surface area contributed by atoms with Crippen molar-refractivity contribution in [3.05, 3.63) is 35.9 Å². The first kappa shape index (κ1) is 11.7. The predicted molar refractivity (Wildman–Crippen MR) is 61.1 cm³/mol. The predicted octanol–water partition coefficient (Wildman–Crippen LogP) is 1.29. The number of hydrogen-bond donors (Lipinski definition) is 2. The van der Waals surface area contributed by atoms with Gasteiger partial charge in [-0.05, 0) is 19.4 Å². The number of hydrogen-bond acceptors (Lipinski definition) is 2. The average Bonchev–Trinajstić information content (AvgIpc) is 2.27. The molecule has 0 spiro atoms. The standard InChI is InChI=1S/C12H18N2O/c1-12(2,9-13)11(15)14-8-10-6-4-3-5-7-10/h3-7H,8-9,13H2,1-2H3,(H,14,15). The molecule has 1 amide bonds. The first-order valence-corrected chi connectivity index (χ1v) is 5.08. The van der Waals surface area contributed by atoms with Crippen LogP contribution in [0, 0.1) is 5.41 Å². The van der Waals surface area contributed by atoms with Crippen LogP contribution in [-0.2, 0) is 11.3 Å². The molecule has 0 radical (unpaired) electrons. The van der Waals surface area contributed by atoms with Crippen molar-refractivity contribution >= 4 is 5.91 Å². The zero-order valence-electron chi connectivity index (χ0n) is 9.29. The van der Waals surface area contributed by atoms with Gasteiger partial charge < -0.3 is 11.1 Å². The van der Waals surface area contributed by atoms with Crippen molar-refractivity contribution < 1.29 is 4.79 Å². The summed E-state index contributed by atoms with van der Waals surface area (Å²) in [6.07, 6.45) is 0. The number of nitrogens with one attached hydrogen (secondary N) is 1. The van der Waals surface area contributed by atoms with Gasteiger partial charge in [-0.2, -0.15) is 0 Å².